The largest absolute Gasteiger partial charge is 0.460 e. The fourth-order valence-corrected chi connectivity index (χ4v) is 1.69. The second kappa shape index (κ2) is 6.43. The fraction of sp³-hybridized carbons (Fsp3) is 0.533. The summed E-state index contributed by atoms with van der Waals surface area (Å²) in [6.45, 7) is 8.36. The van der Waals surface area contributed by atoms with Crippen LogP contribution < -0.4 is 5.32 Å². The molecule has 0 unspecified atom stereocenters. The molecule has 3 nitrogen and oxygen atoms in total. The molecule has 0 saturated heterocycles. The molecule has 100 valence electrons. The summed E-state index contributed by atoms with van der Waals surface area (Å²) in [4.78, 5) is 11.5. The van der Waals surface area contributed by atoms with Crippen LogP contribution in [0.4, 0.5) is 5.69 Å². The Morgan fingerprint density at radius 2 is 1.94 bits per heavy atom. The minimum Gasteiger partial charge on any atom is -0.460 e. The molecule has 18 heavy (non-hydrogen) atoms. The van der Waals surface area contributed by atoms with Gasteiger partial charge in [-0.25, -0.2) is 0 Å². The Balaban J connectivity index is 2.40. The van der Waals surface area contributed by atoms with Crippen LogP contribution in [0.25, 0.3) is 0 Å². The van der Waals surface area contributed by atoms with E-state index in [0.29, 0.717) is 13.0 Å². The summed E-state index contributed by atoms with van der Waals surface area (Å²) in [7, 11) is 0. The molecule has 0 saturated carbocycles. The minimum atomic E-state index is -0.404. The van der Waals surface area contributed by atoms with E-state index < -0.39 is 5.60 Å². The van der Waals surface area contributed by atoms with E-state index in [1.54, 1.807) is 0 Å². The first-order valence-corrected chi connectivity index (χ1v) is 6.46. The van der Waals surface area contributed by atoms with E-state index in [-0.39, 0.29) is 5.97 Å². The summed E-state index contributed by atoms with van der Waals surface area (Å²) in [5.74, 6) is -0.163. The van der Waals surface area contributed by atoms with Crippen LogP contribution in [0.2, 0.25) is 0 Å². The molecule has 0 atom stereocenters. The van der Waals surface area contributed by atoms with Crippen LogP contribution in [0.1, 0.15) is 39.7 Å². The zero-order valence-corrected chi connectivity index (χ0v) is 11.7. The van der Waals surface area contributed by atoms with Gasteiger partial charge in [-0.3, -0.25) is 4.79 Å². The average molecular weight is 249 g/mol. The van der Waals surface area contributed by atoms with E-state index in [1.807, 2.05) is 39.0 Å². The van der Waals surface area contributed by atoms with E-state index in [0.717, 1.165) is 12.1 Å². The maximum atomic E-state index is 11.5. The lowest BCUT2D eigenvalue weighted by atomic mass is 10.1. The van der Waals surface area contributed by atoms with Crippen molar-refractivity contribution in [3.05, 3.63) is 29.8 Å². The molecule has 0 bridgehead atoms. The third-order valence-electron chi connectivity index (χ3n) is 2.46. The van der Waals surface area contributed by atoms with Crippen LogP contribution >= 0.6 is 0 Å². The van der Waals surface area contributed by atoms with Gasteiger partial charge in [0.1, 0.15) is 5.60 Å². The number of esters is 1. The molecular formula is C15H23NO2. The lowest BCUT2D eigenvalue weighted by molar-refractivity contribution is -0.154. The molecule has 0 aliphatic rings. The van der Waals surface area contributed by atoms with Crippen molar-refractivity contribution in [2.75, 3.05) is 11.9 Å². The molecule has 0 spiro atoms. The Labute approximate surface area is 110 Å². The zero-order valence-electron chi connectivity index (χ0n) is 11.7. The molecule has 1 aromatic carbocycles. The molecule has 0 amide bonds. The third-order valence-corrected chi connectivity index (χ3v) is 2.46. The molecule has 0 aliphatic carbocycles. The summed E-state index contributed by atoms with van der Waals surface area (Å²) < 4.78 is 5.25. The molecule has 3 heteroatoms. The topological polar surface area (TPSA) is 38.3 Å². The van der Waals surface area contributed by atoms with Crippen molar-refractivity contribution in [3.8, 4) is 0 Å². The Kier molecular flexibility index (Phi) is 5.20. The number of nitrogens with one attached hydrogen (secondary N) is 1. The SMILES string of the molecule is CCc1ccccc1NCCC(=O)OC(C)(C)C. The van der Waals surface area contributed by atoms with Crippen molar-refractivity contribution >= 4 is 11.7 Å². The van der Waals surface area contributed by atoms with Crippen molar-refractivity contribution in [1.82, 2.24) is 0 Å². The van der Waals surface area contributed by atoms with Crippen molar-refractivity contribution in [3.63, 3.8) is 0 Å². The third kappa shape index (κ3) is 5.21. The predicted molar refractivity (Wildman–Crippen MR) is 74.8 cm³/mol. The number of hydrogen-bond acceptors (Lipinski definition) is 3. The van der Waals surface area contributed by atoms with Crippen LogP contribution in [-0.4, -0.2) is 18.1 Å². The van der Waals surface area contributed by atoms with Gasteiger partial charge in [-0.1, -0.05) is 25.1 Å². The lowest BCUT2D eigenvalue weighted by Gasteiger charge is -2.19. The molecular weight excluding hydrogens is 226 g/mol. The van der Waals surface area contributed by atoms with Gasteiger partial charge in [0.05, 0.1) is 6.42 Å². The van der Waals surface area contributed by atoms with Crippen LogP contribution in [-0.2, 0) is 16.0 Å². The summed E-state index contributed by atoms with van der Waals surface area (Å²) in [5, 5.41) is 3.28. The van der Waals surface area contributed by atoms with Crippen molar-refractivity contribution < 1.29 is 9.53 Å². The molecule has 0 radical (unpaired) electrons. The van der Waals surface area contributed by atoms with E-state index in [9.17, 15) is 4.79 Å². The molecule has 0 aromatic heterocycles. The lowest BCUT2D eigenvalue weighted by Crippen LogP contribution is -2.25. The number of aryl methyl sites for hydroxylation is 1. The monoisotopic (exact) mass is 249 g/mol. The first kappa shape index (κ1) is 14.6. The average Bonchev–Trinajstić information content (AvgIpc) is 2.27. The van der Waals surface area contributed by atoms with E-state index in [1.165, 1.54) is 5.56 Å². The van der Waals surface area contributed by atoms with Gasteiger partial charge in [0.25, 0.3) is 0 Å². The Bertz CT molecular complexity index is 394. The van der Waals surface area contributed by atoms with Crippen LogP contribution in [0.15, 0.2) is 24.3 Å². The summed E-state index contributed by atoms with van der Waals surface area (Å²) in [5.41, 5.74) is 1.96. The predicted octanol–water partition coefficient (Wildman–Crippen LogP) is 3.39. The number of rotatable bonds is 5. The number of carbonyl (C=O) groups is 1. The maximum absolute atomic E-state index is 11.5. The highest BCUT2D eigenvalue weighted by molar-refractivity contribution is 5.70. The van der Waals surface area contributed by atoms with Gasteiger partial charge in [0, 0.05) is 12.2 Å². The van der Waals surface area contributed by atoms with Gasteiger partial charge in [-0.15, -0.1) is 0 Å². The van der Waals surface area contributed by atoms with Crippen molar-refractivity contribution in [2.24, 2.45) is 0 Å². The van der Waals surface area contributed by atoms with Gasteiger partial charge in [0.15, 0.2) is 0 Å². The van der Waals surface area contributed by atoms with Crippen LogP contribution in [0.3, 0.4) is 0 Å². The number of para-hydroxylation sites is 1. The molecule has 1 aromatic rings. The second-order valence-corrected chi connectivity index (χ2v) is 5.27. The molecule has 0 heterocycles. The Hall–Kier alpha value is -1.51. The van der Waals surface area contributed by atoms with Crippen molar-refractivity contribution in [1.29, 1.82) is 0 Å². The standard InChI is InChI=1S/C15H23NO2/c1-5-12-8-6-7-9-13(12)16-11-10-14(17)18-15(2,3)4/h6-9,16H,5,10-11H2,1-4H3. The number of hydrogen-bond donors (Lipinski definition) is 1. The van der Waals surface area contributed by atoms with Gasteiger partial charge < -0.3 is 10.1 Å². The number of ether oxygens (including phenoxy) is 1. The summed E-state index contributed by atoms with van der Waals surface area (Å²) >= 11 is 0. The van der Waals surface area contributed by atoms with Crippen LogP contribution in [0, 0.1) is 0 Å². The quantitative estimate of drug-likeness (QED) is 0.813. The minimum absolute atomic E-state index is 0.163. The second-order valence-electron chi connectivity index (χ2n) is 5.27. The van der Waals surface area contributed by atoms with E-state index in [2.05, 4.69) is 18.3 Å². The smallest absolute Gasteiger partial charge is 0.308 e. The van der Waals surface area contributed by atoms with Gasteiger partial charge in [0.2, 0.25) is 0 Å². The highest BCUT2D eigenvalue weighted by Gasteiger charge is 2.15. The molecule has 0 fully saturated rings. The molecule has 1 rings (SSSR count). The molecule has 1 N–H and O–H groups in total. The number of carbonyl (C=O) groups excluding carboxylic acids is 1. The van der Waals surface area contributed by atoms with Crippen molar-refractivity contribution in [2.45, 2.75) is 46.1 Å². The van der Waals surface area contributed by atoms with Crippen LogP contribution in [0.5, 0.6) is 0 Å². The summed E-state index contributed by atoms with van der Waals surface area (Å²) in [6, 6.07) is 8.15. The van der Waals surface area contributed by atoms with E-state index in [4.69, 9.17) is 4.74 Å². The maximum Gasteiger partial charge on any atom is 0.308 e. The zero-order chi connectivity index (χ0) is 13.6. The van der Waals surface area contributed by atoms with E-state index >= 15 is 0 Å². The Morgan fingerprint density at radius 3 is 2.56 bits per heavy atom. The fourth-order valence-electron chi connectivity index (χ4n) is 1.69. The van der Waals surface area contributed by atoms with Gasteiger partial charge in [-0.05, 0) is 38.8 Å². The van der Waals surface area contributed by atoms with Gasteiger partial charge >= 0.3 is 5.97 Å². The number of benzene rings is 1. The Morgan fingerprint density at radius 1 is 1.28 bits per heavy atom. The number of anilines is 1. The molecule has 0 aliphatic heterocycles. The van der Waals surface area contributed by atoms with Gasteiger partial charge in [-0.2, -0.15) is 0 Å². The normalized spacial score (nSPS) is 11.1. The highest BCUT2D eigenvalue weighted by atomic mass is 16.6. The first-order chi connectivity index (χ1) is 8.42. The first-order valence-electron chi connectivity index (χ1n) is 6.46. The highest BCUT2D eigenvalue weighted by Crippen LogP contribution is 2.15. The summed E-state index contributed by atoms with van der Waals surface area (Å²) in [6.07, 6.45) is 1.37.